The van der Waals surface area contributed by atoms with Gasteiger partial charge in [-0.2, -0.15) is 0 Å². The number of methoxy groups -OCH3 is 1. The van der Waals surface area contributed by atoms with Crippen molar-refractivity contribution in [3.8, 4) is 5.75 Å². The van der Waals surface area contributed by atoms with Crippen LogP contribution in [0.1, 0.15) is 50.9 Å². The maximum Gasteiger partial charge on any atom is 0.260 e. The van der Waals surface area contributed by atoms with Crippen LogP contribution in [0.15, 0.2) is 48.5 Å². The van der Waals surface area contributed by atoms with Crippen molar-refractivity contribution >= 4 is 29.2 Å². The number of amides is 2. The zero-order chi connectivity index (χ0) is 19.4. The summed E-state index contributed by atoms with van der Waals surface area (Å²) < 4.78 is 5.15. The van der Waals surface area contributed by atoms with E-state index in [1.807, 2.05) is 0 Å². The molecule has 0 spiro atoms. The Morgan fingerprint density at radius 1 is 1.15 bits per heavy atom. The molecule has 0 saturated heterocycles. The smallest absolute Gasteiger partial charge is 0.260 e. The second-order valence-electron chi connectivity index (χ2n) is 6.37. The van der Waals surface area contributed by atoms with Crippen molar-refractivity contribution in [3.05, 3.63) is 65.2 Å². The van der Waals surface area contributed by atoms with Crippen molar-refractivity contribution in [2.24, 2.45) is 0 Å². The van der Waals surface area contributed by atoms with Crippen molar-refractivity contribution < 1.29 is 19.1 Å². The fourth-order valence-corrected chi connectivity index (χ4v) is 3.50. The zero-order valence-electron chi connectivity index (χ0n) is 15.0. The third-order valence-corrected chi connectivity index (χ3v) is 4.99. The lowest BCUT2D eigenvalue weighted by Gasteiger charge is -2.24. The monoisotopic (exact) mass is 385 g/mol. The van der Waals surface area contributed by atoms with E-state index in [4.69, 9.17) is 16.3 Å². The first kappa shape index (κ1) is 19.1. The fraction of sp³-hybridized carbons (Fsp3) is 0.286. The van der Waals surface area contributed by atoms with E-state index < -0.39 is 11.3 Å². The summed E-state index contributed by atoms with van der Waals surface area (Å²) in [4.78, 5) is 39.4. The molecular formula is C21H20ClNO4. The Balaban J connectivity index is 1.89. The Bertz CT molecular complexity index is 880. The molecule has 0 radical (unpaired) electrons. The molecule has 0 fully saturated rings. The number of carbonyl (C=O) groups is 3. The summed E-state index contributed by atoms with van der Waals surface area (Å²) in [5.74, 6) is -0.260. The molecule has 3 rings (SSSR count). The quantitative estimate of drug-likeness (QED) is 0.578. The van der Waals surface area contributed by atoms with Gasteiger partial charge < -0.3 is 4.74 Å². The van der Waals surface area contributed by atoms with Crippen LogP contribution in [0.4, 0.5) is 0 Å². The van der Waals surface area contributed by atoms with E-state index in [9.17, 15) is 14.4 Å². The molecule has 2 amide bonds. The Kier molecular flexibility index (Phi) is 5.91. The molecule has 2 aromatic carbocycles. The number of hydrogen-bond donors (Lipinski definition) is 0. The first-order valence-corrected chi connectivity index (χ1v) is 9.20. The van der Waals surface area contributed by atoms with E-state index in [0.717, 1.165) is 0 Å². The number of hydrogen-bond acceptors (Lipinski definition) is 4. The number of Topliss-reactive ketones (excluding diaryl/α,β-unsaturated/α-hetero) is 1. The van der Waals surface area contributed by atoms with Crippen LogP contribution in [0.5, 0.6) is 5.75 Å². The van der Waals surface area contributed by atoms with Crippen molar-refractivity contribution in [2.45, 2.75) is 24.6 Å². The van der Waals surface area contributed by atoms with Crippen LogP contribution in [0, 0.1) is 0 Å². The summed E-state index contributed by atoms with van der Waals surface area (Å²) in [5, 5.41) is -0.670. The molecule has 1 aliphatic rings. The first-order chi connectivity index (χ1) is 13.0. The third kappa shape index (κ3) is 4.19. The van der Waals surface area contributed by atoms with Crippen molar-refractivity contribution in [1.82, 2.24) is 4.90 Å². The number of halogens is 1. The van der Waals surface area contributed by atoms with E-state index in [-0.39, 0.29) is 31.1 Å². The molecule has 1 unspecified atom stereocenters. The lowest BCUT2D eigenvalue weighted by Crippen LogP contribution is -2.38. The standard InChI is InChI=1S/C21H20ClNO4/c1-27-15-7-4-6-14(12-15)21(26)23-11-5-10-19(24)17-9-3-2-8-16(17)18(22)13-20(23)25/h2-4,6-9,12,18H,5,10-11,13H2,1H3. The number of carbonyl (C=O) groups excluding carboxylic acids is 3. The predicted molar refractivity (Wildman–Crippen MR) is 102 cm³/mol. The van der Waals surface area contributed by atoms with Gasteiger partial charge in [-0.15, -0.1) is 11.6 Å². The van der Waals surface area contributed by atoms with E-state index >= 15 is 0 Å². The zero-order valence-corrected chi connectivity index (χ0v) is 15.7. The van der Waals surface area contributed by atoms with Crippen molar-refractivity contribution in [3.63, 3.8) is 0 Å². The van der Waals surface area contributed by atoms with Gasteiger partial charge in [0.05, 0.1) is 12.5 Å². The third-order valence-electron chi connectivity index (χ3n) is 4.60. The number of fused-ring (bicyclic) bond motifs is 1. The van der Waals surface area contributed by atoms with Gasteiger partial charge in [0.2, 0.25) is 5.91 Å². The Morgan fingerprint density at radius 2 is 1.93 bits per heavy atom. The average molecular weight is 386 g/mol. The van der Waals surface area contributed by atoms with Gasteiger partial charge in [0.25, 0.3) is 5.91 Å². The molecule has 0 bridgehead atoms. The average Bonchev–Trinajstić information content (AvgIpc) is 2.70. The van der Waals surface area contributed by atoms with Gasteiger partial charge in [0, 0.05) is 30.5 Å². The number of benzene rings is 2. The highest BCUT2D eigenvalue weighted by molar-refractivity contribution is 6.23. The summed E-state index contributed by atoms with van der Waals surface area (Å²) in [6.45, 7) is 0.173. The molecule has 0 N–H and O–H groups in total. The number of ketones is 1. The first-order valence-electron chi connectivity index (χ1n) is 8.76. The Hall–Kier alpha value is -2.66. The van der Waals surface area contributed by atoms with Crippen LogP contribution in [-0.2, 0) is 4.79 Å². The van der Waals surface area contributed by atoms with Crippen LogP contribution in [0.25, 0.3) is 0 Å². The van der Waals surface area contributed by atoms with Gasteiger partial charge >= 0.3 is 0 Å². The number of nitrogens with zero attached hydrogens (tertiary/aromatic N) is 1. The highest BCUT2D eigenvalue weighted by Gasteiger charge is 2.28. The minimum absolute atomic E-state index is 0.0284. The van der Waals surface area contributed by atoms with Crippen molar-refractivity contribution in [1.29, 1.82) is 0 Å². The molecule has 1 aliphatic heterocycles. The summed E-state index contributed by atoms with van der Waals surface area (Å²) in [6, 6.07) is 13.7. The van der Waals surface area contributed by atoms with Gasteiger partial charge in [-0.25, -0.2) is 0 Å². The second kappa shape index (κ2) is 8.35. The van der Waals surface area contributed by atoms with E-state index in [2.05, 4.69) is 0 Å². The van der Waals surface area contributed by atoms with Crippen molar-refractivity contribution in [2.75, 3.05) is 13.7 Å². The minimum Gasteiger partial charge on any atom is -0.497 e. The summed E-state index contributed by atoms with van der Waals surface area (Å²) in [7, 11) is 1.51. The molecule has 6 heteroatoms. The molecule has 0 aromatic heterocycles. The Morgan fingerprint density at radius 3 is 2.70 bits per heavy atom. The molecule has 5 nitrogen and oxygen atoms in total. The van der Waals surface area contributed by atoms with Gasteiger partial charge in [-0.05, 0) is 30.2 Å². The molecule has 140 valence electrons. The number of rotatable bonds is 2. The fourth-order valence-electron chi connectivity index (χ4n) is 3.18. The number of ether oxygens (including phenoxy) is 1. The molecule has 1 heterocycles. The van der Waals surface area contributed by atoms with Crippen LogP contribution >= 0.6 is 11.6 Å². The van der Waals surface area contributed by atoms with Gasteiger partial charge in [-0.1, -0.05) is 30.3 Å². The van der Waals surface area contributed by atoms with Crippen LogP contribution < -0.4 is 4.74 Å². The second-order valence-corrected chi connectivity index (χ2v) is 6.89. The molecule has 1 atom stereocenters. The maximum atomic E-state index is 12.9. The van der Waals surface area contributed by atoms with Gasteiger partial charge in [0.1, 0.15) is 5.75 Å². The molecule has 2 aromatic rings. The Labute approximate surface area is 162 Å². The summed E-state index contributed by atoms with van der Waals surface area (Å²) >= 11 is 6.44. The molecule has 0 saturated carbocycles. The SMILES string of the molecule is COc1cccc(C(=O)N2CCCC(=O)c3ccccc3C(Cl)CC2=O)c1. The maximum absolute atomic E-state index is 12.9. The number of alkyl halides is 1. The van der Waals surface area contributed by atoms with Crippen LogP contribution in [-0.4, -0.2) is 36.2 Å². The highest BCUT2D eigenvalue weighted by Crippen LogP contribution is 2.30. The lowest BCUT2D eigenvalue weighted by molar-refractivity contribution is -0.128. The molecule has 0 aliphatic carbocycles. The highest BCUT2D eigenvalue weighted by atomic mass is 35.5. The number of imide groups is 1. The van der Waals surface area contributed by atoms with E-state index in [1.165, 1.54) is 12.0 Å². The van der Waals surface area contributed by atoms with Gasteiger partial charge in [0.15, 0.2) is 5.78 Å². The summed E-state index contributed by atoms with van der Waals surface area (Å²) in [5.41, 5.74) is 1.55. The normalized spacial score (nSPS) is 18.0. The van der Waals surface area contributed by atoms with E-state index in [1.54, 1.807) is 48.5 Å². The summed E-state index contributed by atoms with van der Waals surface area (Å²) in [6.07, 6.45) is 0.596. The molecular weight excluding hydrogens is 366 g/mol. The van der Waals surface area contributed by atoms with Crippen LogP contribution in [0.2, 0.25) is 0 Å². The largest absolute Gasteiger partial charge is 0.497 e. The van der Waals surface area contributed by atoms with E-state index in [0.29, 0.717) is 28.9 Å². The predicted octanol–water partition coefficient (Wildman–Crippen LogP) is 4.01. The molecule has 27 heavy (non-hydrogen) atoms. The minimum atomic E-state index is -0.670. The topological polar surface area (TPSA) is 63.7 Å². The lowest BCUT2D eigenvalue weighted by atomic mass is 9.95. The van der Waals surface area contributed by atoms with Crippen LogP contribution in [0.3, 0.4) is 0 Å². The van der Waals surface area contributed by atoms with Gasteiger partial charge in [-0.3, -0.25) is 19.3 Å².